The number of rotatable bonds is 4. The molecule has 0 aromatic carbocycles. The van der Waals surface area contributed by atoms with E-state index in [1.54, 1.807) is 0 Å². The largest absolute Gasteiger partial charge is 0.415 e. The maximum absolute atomic E-state index is 12.1. The monoisotopic (exact) mass is 253 g/mol. The van der Waals surface area contributed by atoms with Crippen LogP contribution in [0, 0.1) is 5.92 Å². The zero-order valence-corrected chi connectivity index (χ0v) is 10.3. The Morgan fingerprint density at radius 3 is 2.18 bits per heavy atom. The van der Waals surface area contributed by atoms with E-state index in [2.05, 4.69) is 5.32 Å². The number of hydrogen-bond donors (Lipinski definition) is 2. The number of aliphatic hydroxyl groups excluding tert-OH is 1. The van der Waals surface area contributed by atoms with Crippen molar-refractivity contribution in [3.63, 3.8) is 0 Å². The van der Waals surface area contributed by atoms with Crippen LogP contribution in [0.1, 0.15) is 45.4 Å². The van der Waals surface area contributed by atoms with Crippen molar-refractivity contribution in [1.29, 1.82) is 0 Å². The number of hydrogen-bond acceptors (Lipinski definition) is 2. The highest BCUT2D eigenvalue weighted by atomic mass is 19.4. The second-order valence-electron chi connectivity index (χ2n) is 5.01. The first-order valence-electron chi connectivity index (χ1n) is 6.39. The van der Waals surface area contributed by atoms with Crippen LogP contribution in [0.2, 0.25) is 0 Å². The molecule has 2 N–H and O–H groups in total. The van der Waals surface area contributed by atoms with E-state index in [1.807, 2.05) is 6.92 Å². The third-order valence-electron chi connectivity index (χ3n) is 3.62. The Kier molecular flexibility index (Phi) is 5.73. The summed E-state index contributed by atoms with van der Waals surface area (Å²) in [6.07, 6.45) is 0.179. The van der Waals surface area contributed by atoms with Gasteiger partial charge in [-0.3, -0.25) is 0 Å². The molecule has 1 fully saturated rings. The summed E-state index contributed by atoms with van der Waals surface area (Å²) in [5, 5.41) is 11.7. The predicted molar refractivity (Wildman–Crippen MR) is 60.7 cm³/mol. The molecule has 0 aliphatic heterocycles. The fourth-order valence-electron chi connectivity index (χ4n) is 2.39. The maximum Gasteiger partial charge on any atom is 0.415 e. The zero-order valence-electron chi connectivity index (χ0n) is 10.3. The molecule has 2 atom stereocenters. The lowest BCUT2D eigenvalue weighted by Gasteiger charge is -2.25. The molecule has 0 heterocycles. The van der Waals surface area contributed by atoms with Crippen molar-refractivity contribution >= 4 is 0 Å². The molecule has 102 valence electrons. The van der Waals surface area contributed by atoms with Gasteiger partial charge < -0.3 is 10.4 Å². The van der Waals surface area contributed by atoms with E-state index in [1.165, 1.54) is 25.7 Å². The molecule has 1 unspecified atom stereocenters. The Balaban J connectivity index is 2.30. The summed E-state index contributed by atoms with van der Waals surface area (Å²) < 4.78 is 36.4. The summed E-state index contributed by atoms with van der Waals surface area (Å²) in [6, 6.07) is 0.0464. The molecule has 17 heavy (non-hydrogen) atoms. The van der Waals surface area contributed by atoms with Gasteiger partial charge in [-0.1, -0.05) is 25.7 Å². The number of nitrogens with one attached hydrogen (secondary N) is 1. The summed E-state index contributed by atoms with van der Waals surface area (Å²) in [4.78, 5) is 0. The van der Waals surface area contributed by atoms with Gasteiger partial charge in [0.1, 0.15) is 0 Å². The van der Waals surface area contributed by atoms with Gasteiger partial charge in [-0.15, -0.1) is 0 Å². The summed E-state index contributed by atoms with van der Waals surface area (Å²) in [5.74, 6) is 0.443. The van der Waals surface area contributed by atoms with E-state index in [4.69, 9.17) is 5.11 Å². The Hall–Kier alpha value is -0.290. The second-order valence-corrected chi connectivity index (χ2v) is 5.01. The fraction of sp³-hybridized carbons (Fsp3) is 1.00. The molecule has 2 nitrogen and oxygen atoms in total. The van der Waals surface area contributed by atoms with Crippen LogP contribution >= 0.6 is 0 Å². The van der Waals surface area contributed by atoms with Crippen molar-refractivity contribution in [3.05, 3.63) is 0 Å². The average Bonchev–Trinajstić information content (AvgIpc) is 2.52. The normalized spacial score (nSPS) is 23.1. The Labute approximate surface area is 101 Å². The van der Waals surface area contributed by atoms with Crippen molar-refractivity contribution in [2.45, 2.75) is 63.8 Å². The molecule has 1 rings (SSSR count). The van der Waals surface area contributed by atoms with Crippen LogP contribution in [0.25, 0.3) is 0 Å². The zero-order chi connectivity index (χ0) is 12.9. The molecular formula is C12H22F3NO. The first-order chi connectivity index (χ1) is 7.91. The fourth-order valence-corrected chi connectivity index (χ4v) is 2.39. The Bertz CT molecular complexity index is 212. The molecule has 1 aliphatic rings. The van der Waals surface area contributed by atoms with Gasteiger partial charge in [-0.2, -0.15) is 13.2 Å². The number of halogens is 3. The van der Waals surface area contributed by atoms with Gasteiger partial charge in [0.25, 0.3) is 0 Å². The topological polar surface area (TPSA) is 32.3 Å². The molecule has 0 aromatic rings. The second kappa shape index (κ2) is 6.59. The Morgan fingerprint density at radius 1 is 1.18 bits per heavy atom. The van der Waals surface area contributed by atoms with Crippen LogP contribution in [-0.4, -0.2) is 30.0 Å². The molecule has 0 bridgehead atoms. The van der Waals surface area contributed by atoms with Crippen LogP contribution in [0.4, 0.5) is 13.2 Å². The smallest absolute Gasteiger partial charge is 0.382 e. The van der Waals surface area contributed by atoms with Crippen molar-refractivity contribution in [3.8, 4) is 0 Å². The SMILES string of the molecule is C[C@H](NCC(O)C(F)(F)F)C1CCCCCC1. The molecule has 0 saturated heterocycles. The molecule has 0 aromatic heterocycles. The van der Waals surface area contributed by atoms with Gasteiger partial charge in [-0.05, 0) is 25.7 Å². The molecule has 1 aliphatic carbocycles. The van der Waals surface area contributed by atoms with Crippen molar-refractivity contribution in [2.75, 3.05) is 6.54 Å². The highest BCUT2D eigenvalue weighted by molar-refractivity contribution is 4.77. The van der Waals surface area contributed by atoms with Gasteiger partial charge >= 0.3 is 6.18 Å². The number of aliphatic hydroxyl groups is 1. The van der Waals surface area contributed by atoms with Gasteiger partial charge in [0, 0.05) is 12.6 Å². The minimum atomic E-state index is -4.52. The van der Waals surface area contributed by atoms with Crippen molar-refractivity contribution in [1.82, 2.24) is 5.32 Å². The van der Waals surface area contributed by atoms with E-state index in [0.29, 0.717) is 5.92 Å². The molecule has 5 heteroatoms. The quantitative estimate of drug-likeness (QED) is 0.755. The van der Waals surface area contributed by atoms with Crippen LogP contribution in [-0.2, 0) is 0 Å². The minimum Gasteiger partial charge on any atom is -0.382 e. The molecule has 0 spiro atoms. The summed E-state index contributed by atoms with van der Waals surface area (Å²) in [6.45, 7) is 1.51. The third-order valence-corrected chi connectivity index (χ3v) is 3.62. The lowest BCUT2D eigenvalue weighted by molar-refractivity contribution is -0.202. The first-order valence-corrected chi connectivity index (χ1v) is 6.39. The van der Waals surface area contributed by atoms with Gasteiger partial charge in [-0.25, -0.2) is 0 Å². The van der Waals surface area contributed by atoms with Crippen LogP contribution in [0.15, 0.2) is 0 Å². The minimum absolute atomic E-state index is 0.0464. The van der Waals surface area contributed by atoms with E-state index in [9.17, 15) is 13.2 Å². The summed E-state index contributed by atoms with van der Waals surface area (Å²) >= 11 is 0. The summed E-state index contributed by atoms with van der Waals surface area (Å²) in [5.41, 5.74) is 0. The molecule has 0 radical (unpaired) electrons. The molecule has 0 amide bonds. The molecule has 1 saturated carbocycles. The highest BCUT2D eigenvalue weighted by Crippen LogP contribution is 2.26. The highest BCUT2D eigenvalue weighted by Gasteiger charge is 2.38. The van der Waals surface area contributed by atoms with Crippen molar-refractivity contribution < 1.29 is 18.3 Å². The number of alkyl halides is 3. The Morgan fingerprint density at radius 2 is 1.71 bits per heavy atom. The van der Waals surface area contributed by atoms with Gasteiger partial charge in [0.2, 0.25) is 0 Å². The van der Waals surface area contributed by atoms with Crippen molar-refractivity contribution in [2.24, 2.45) is 5.92 Å². The average molecular weight is 253 g/mol. The lowest BCUT2D eigenvalue weighted by atomic mass is 9.93. The van der Waals surface area contributed by atoms with Crippen LogP contribution in [0.3, 0.4) is 0 Å². The van der Waals surface area contributed by atoms with E-state index in [0.717, 1.165) is 12.8 Å². The van der Waals surface area contributed by atoms with Crippen LogP contribution in [0.5, 0.6) is 0 Å². The van der Waals surface area contributed by atoms with Gasteiger partial charge in [0.15, 0.2) is 6.10 Å². The third kappa shape index (κ3) is 5.25. The molecular weight excluding hydrogens is 231 g/mol. The van der Waals surface area contributed by atoms with E-state index < -0.39 is 18.8 Å². The first kappa shape index (κ1) is 14.8. The lowest BCUT2D eigenvalue weighted by Crippen LogP contribution is -2.43. The maximum atomic E-state index is 12.1. The predicted octanol–water partition coefficient (Wildman–Crippen LogP) is 2.86. The summed E-state index contributed by atoms with van der Waals surface area (Å²) in [7, 11) is 0. The standard InChI is InChI=1S/C12H22F3NO/c1-9(10-6-4-2-3-5-7-10)16-8-11(17)12(13,14)15/h9-11,16-17H,2-8H2,1H3/t9-,11?/m0/s1. The van der Waals surface area contributed by atoms with Crippen LogP contribution < -0.4 is 5.32 Å². The van der Waals surface area contributed by atoms with Gasteiger partial charge in [0.05, 0.1) is 0 Å². The van der Waals surface area contributed by atoms with E-state index >= 15 is 0 Å². The van der Waals surface area contributed by atoms with E-state index in [-0.39, 0.29) is 6.04 Å².